The lowest BCUT2D eigenvalue weighted by Crippen LogP contribution is -2.45. The topological polar surface area (TPSA) is 99.4 Å². The van der Waals surface area contributed by atoms with Crippen molar-refractivity contribution in [3.05, 3.63) is 36.5 Å². The van der Waals surface area contributed by atoms with Crippen LogP contribution in [0.15, 0.2) is 40.9 Å². The van der Waals surface area contributed by atoms with Crippen LogP contribution >= 0.6 is 11.9 Å². The zero-order valence-electron chi connectivity index (χ0n) is 21.4. The van der Waals surface area contributed by atoms with E-state index in [1.165, 1.54) is 12.8 Å². The van der Waals surface area contributed by atoms with Crippen LogP contribution in [0.25, 0.3) is 22.9 Å². The van der Waals surface area contributed by atoms with Gasteiger partial charge in [-0.1, -0.05) is 0 Å². The number of amides is 1. The first kappa shape index (κ1) is 23.8. The molecule has 1 saturated carbocycles. The van der Waals surface area contributed by atoms with Crippen molar-refractivity contribution >= 4 is 35.0 Å². The molecule has 38 heavy (non-hydrogen) atoms. The lowest BCUT2D eigenvalue weighted by Gasteiger charge is -2.36. The molecule has 6 heterocycles. The Balaban J connectivity index is 1.26. The van der Waals surface area contributed by atoms with Gasteiger partial charge in [0, 0.05) is 55.4 Å². The van der Waals surface area contributed by atoms with Crippen molar-refractivity contribution in [2.45, 2.75) is 43.8 Å². The smallest absolute Gasteiger partial charge is 0.250 e. The Kier molecular flexibility index (Phi) is 6.35. The fourth-order valence-corrected chi connectivity index (χ4v) is 6.52. The molecule has 9 nitrogen and oxygen atoms in total. The van der Waals surface area contributed by atoms with Gasteiger partial charge in [0.1, 0.15) is 5.82 Å². The zero-order chi connectivity index (χ0) is 25.5. The molecule has 2 saturated heterocycles. The quantitative estimate of drug-likeness (QED) is 0.470. The average Bonchev–Trinajstić information content (AvgIpc) is 3.68. The summed E-state index contributed by atoms with van der Waals surface area (Å²) in [7, 11) is 0. The summed E-state index contributed by atoms with van der Waals surface area (Å²) in [6.45, 7) is 4.17. The van der Waals surface area contributed by atoms with Gasteiger partial charge >= 0.3 is 0 Å². The van der Waals surface area contributed by atoms with E-state index in [4.69, 9.17) is 4.42 Å². The molecule has 5 aliphatic rings. The molecule has 8 bridgehead atoms. The molecule has 2 aromatic heterocycles. The molecule has 1 unspecified atom stereocenters. The van der Waals surface area contributed by atoms with Crippen LogP contribution in [0, 0.1) is 11.8 Å². The summed E-state index contributed by atoms with van der Waals surface area (Å²) in [4.78, 5) is 22.3. The molecule has 3 aromatic rings. The van der Waals surface area contributed by atoms with E-state index >= 15 is 0 Å². The van der Waals surface area contributed by atoms with Crippen LogP contribution in [0.2, 0.25) is 0 Å². The van der Waals surface area contributed by atoms with Gasteiger partial charge in [-0.05, 0) is 86.7 Å². The molecule has 0 radical (unpaired) electrons. The molecule has 4 aliphatic heterocycles. The summed E-state index contributed by atoms with van der Waals surface area (Å²) < 4.78 is 9.82. The highest BCUT2D eigenvalue weighted by molar-refractivity contribution is 8.01. The van der Waals surface area contributed by atoms with Crippen molar-refractivity contribution in [1.82, 2.24) is 20.5 Å². The summed E-state index contributed by atoms with van der Waals surface area (Å²) >= 11 is 1.81. The normalized spacial score (nSPS) is 23.3. The third-order valence-electron chi connectivity index (χ3n) is 8.15. The highest BCUT2D eigenvalue weighted by atomic mass is 32.2. The van der Waals surface area contributed by atoms with Gasteiger partial charge in [-0.15, -0.1) is 10.2 Å². The summed E-state index contributed by atoms with van der Waals surface area (Å²) in [6.07, 6.45) is 8.31. The number of fused-ring (bicyclic) bond motifs is 4. The second-order valence-electron chi connectivity index (χ2n) is 10.9. The number of aromatic nitrogens is 3. The van der Waals surface area contributed by atoms with Crippen molar-refractivity contribution in [1.29, 1.82) is 0 Å². The molecular formula is C28H33N7O2S. The number of hydrogen-bond acceptors (Lipinski definition) is 9. The van der Waals surface area contributed by atoms with Crippen LogP contribution in [0.1, 0.15) is 38.5 Å². The number of pyridine rings is 1. The maximum absolute atomic E-state index is 13.1. The maximum Gasteiger partial charge on any atom is 0.250 e. The number of carbonyl (C=O) groups excluding carboxylic acids is 1. The highest BCUT2D eigenvalue weighted by Gasteiger charge is 2.29. The largest absolute Gasteiger partial charge is 0.416 e. The molecule has 1 amide bonds. The molecule has 2 N–H and O–H groups in total. The van der Waals surface area contributed by atoms with Crippen molar-refractivity contribution in [3.63, 3.8) is 0 Å². The summed E-state index contributed by atoms with van der Waals surface area (Å²) in [6, 6.07) is 10.3. The third-order valence-corrected chi connectivity index (χ3v) is 9.31. The van der Waals surface area contributed by atoms with Crippen molar-refractivity contribution < 1.29 is 9.21 Å². The molecule has 1 atom stereocenters. The Labute approximate surface area is 226 Å². The SMILES string of the molecule is O=C1NCC2CCN(CC2)c2cc(NSC3CC3)ccc2-c2nnc(o2)-c2ccnc(c2)N2CCCC1C2. The monoisotopic (exact) mass is 531 g/mol. The predicted octanol–water partition coefficient (Wildman–Crippen LogP) is 4.58. The van der Waals surface area contributed by atoms with Gasteiger partial charge in [-0.3, -0.25) is 4.79 Å². The second kappa shape index (κ2) is 10.1. The van der Waals surface area contributed by atoms with Gasteiger partial charge in [0.2, 0.25) is 17.7 Å². The number of rotatable bonds is 3. The fourth-order valence-electron chi connectivity index (χ4n) is 5.71. The molecule has 1 aromatic carbocycles. The van der Waals surface area contributed by atoms with E-state index in [0.29, 0.717) is 24.2 Å². The number of nitrogens with one attached hydrogen (secondary N) is 2. The summed E-state index contributed by atoms with van der Waals surface area (Å²) in [5, 5.41) is 12.9. The average molecular weight is 532 g/mol. The molecular weight excluding hydrogens is 498 g/mol. The first-order valence-corrected chi connectivity index (χ1v) is 14.7. The zero-order valence-corrected chi connectivity index (χ0v) is 22.3. The second-order valence-corrected chi connectivity index (χ2v) is 12.0. The van der Waals surface area contributed by atoms with E-state index in [1.54, 1.807) is 6.20 Å². The van der Waals surface area contributed by atoms with Crippen LogP contribution < -0.4 is 19.8 Å². The molecule has 10 heteroatoms. The van der Waals surface area contributed by atoms with E-state index in [2.05, 4.69) is 53.2 Å². The fraction of sp³-hybridized carbons (Fsp3) is 0.500. The molecule has 3 fully saturated rings. The van der Waals surface area contributed by atoms with Crippen molar-refractivity contribution in [3.8, 4) is 22.9 Å². The van der Waals surface area contributed by atoms with E-state index in [9.17, 15) is 4.79 Å². The van der Waals surface area contributed by atoms with E-state index in [-0.39, 0.29) is 11.8 Å². The van der Waals surface area contributed by atoms with Crippen LogP contribution in [0.4, 0.5) is 17.2 Å². The minimum absolute atomic E-state index is 0.0190. The first-order chi connectivity index (χ1) is 18.7. The minimum atomic E-state index is -0.0190. The number of anilines is 3. The summed E-state index contributed by atoms with van der Waals surface area (Å²) in [5.41, 5.74) is 3.99. The van der Waals surface area contributed by atoms with Crippen molar-refractivity contribution in [2.75, 3.05) is 47.2 Å². The van der Waals surface area contributed by atoms with Crippen LogP contribution in [0.3, 0.4) is 0 Å². The van der Waals surface area contributed by atoms with Crippen LogP contribution in [0.5, 0.6) is 0 Å². The molecule has 198 valence electrons. The van der Waals surface area contributed by atoms with Gasteiger partial charge in [-0.25, -0.2) is 4.98 Å². The van der Waals surface area contributed by atoms with Gasteiger partial charge in [0.15, 0.2) is 0 Å². The highest BCUT2D eigenvalue weighted by Crippen LogP contribution is 2.39. The number of hydrogen-bond donors (Lipinski definition) is 2. The molecule has 0 spiro atoms. The summed E-state index contributed by atoms with van der Waals surface area (Å²) in [5.74, 6) is 2.49. The molecule has 8 rings (SSSR count). The van der Waals surface area contributed by atoms with Gasteiger partial charge in [0.25, 0.3) is 0 Å². The van der Waals surface area contributed by atoms with E-state index < -0.39 is 0 Å². The Morgan fingerprint density at radius 3 is 2.71 bits per heavy atom. The molecule has 1 aliphatic carbocycles. The lowest BCUT2D eigenvalue weighted by molar-refractivity contribution is -0.125. The Hall–Kier alpha value is -3.27. The van der Waals surface area contributed by atoms with Gasteiger partial charge in [0.05, 0.1) is 17.2 Å². The number of benzene rings is 1. The van der Waals surface area contributed by atoms with Crippen LogP contribution in [-0.4, -0.2) is 59.1 Å². The first-order valence-electron chi connectivity index (χ1n) is 13.8. The van der Waals surface area contributed by atoms with Gasteiger partial charge < -0.3 is 24.3 Å². The van der Waals surface area contributed by atoms with E-state index in [1.807, 2.05) is 24.1 Å². The Morgan fingerprint density at radius 1 is 0.974 bits per heavy atom. The minimum Gasteiger partial charge on any atom is -0.416 e. The number of piperidine rings is 2. The van der Waals surface area contributed by atoms with Crippen molar-refractivity contribution in [2.24, 2.45) is 11.8 Å². The lowest BCUT2D eigenvalue weighted by atomic mass is 9.94. The standard InChI is InChI=1S/C28H33N7O2S/c36-26-20-2-1-11-35(17-20)25-14-19(7-10-29-25)27-31-32-28(37-27)23-6-3-21(33-38-22-4-5-22)15-24(23)34-12-8-18(9-13-34)16-30-26/h3,6-7,10,14-15,18,20,22,33H,1-2,4-5,8-9,11-13,16-17H2,(H,30,36). The Morgan fingerprint density at radius 2 is 1.84 bits per heavy atom. The van der Waals surface area contributed by atoms with Gasteiger partial charge in [-0.2, -0.15) is 0 Å². The van der Waals surface area contributed by atoms with E-state index in [0.717, 1.165) is 85.4 Å². The predicted molar refractivity (Wildman–Crippen MR) is 150 cm³/mol. The number of carbonyl (C=O) groups is 1. The van der Waals surface area contributed by atoms with Crippen LogP contribution in [-0.2, 0) is 4.79 Å². The Bertz CT molecular complexity index is 1320. The third kappa shape index (κ3) is 4.93. The maximum atomic E-state index is 13.1. The number of nitrogens with zero attached hydrogens (tertiary/aromatic N) is 5.